The molecular weight excluding hydrogens is 388 g/mol. The van der Waals surface area contributed by atoms with E-state index in [1.807, 2.05) is 0 Å². The molecule has 0 aliphatic carbocycles. The summed E-state index contributed by atoms with van der Waals surface area (Å²) in [6.07, 6.45) is 6.27. The summed E-state index contributed by atoms with van der Waals surface area (Å²) in [6.45, 7) is 2.48. The van der Waals surface area contributed by atoms with Crippen molar-refractivity contribution in [1.82, 2.24) is 9.80 Å². The maximum absolute atomic E-state index is 12.8. The van der Waals surface area contributed by atoms with Crippen LogP contribution >= 0.6 is 0 Å². The Bertz CT molecular complexity index is 929. The highest BCUT2D eigenvalue weighted by Crippen LogP contribution is 2.27. The summed E-state index contributed by atoms with van der Waals surface area (Å²) in [7, 11) is 0. The molecule has 158 valence electrons. The molecule has 3 heterocycles. The van der Waals surface area contributed by atoms with Crippen LogP contribution in [0.15, 0.2) is 41.2 Å². The molecule has 0 radical (unpaired) electrons. The number of anilines is 1. The van der Waals surface area contributed by atoms with E-state index in [1.54, 1.807) is 28.0 Å². The molecule has 0 unspecified atom stereocenters. The Hall–Kier alpha value is -3.36. The van der Waals surface area contributed by atoms with Crippen molar-refractivity contribution >= 4 is 23.2 Å². The van der Waals surface area contributed by atoms with Crippen molar-refractivity contribution in [2.24, 2.45) is 0 Å². The quantitative estimate of drug-likeness (QED) is 0.597. The van der Waals surface area contributed by atoms with Crippen LogP contribution in [-0.2, 0) is 0 Å². The Labute approximate surface area is 173 Å². The van der Waals surface area contributed by atoms with Crippen LogP contribution in [0.25, 0.3) is 0 Å². The van der Waals surface area contributed by atoms with Gasteiger partial charge in [0.05, 0.1) is 16.7 Å². The Balaban J connectivity index is 1.42. The van der Waals surface area contributed by atoms with Crippen LogP contribution in [0.1, 0.15) is 46.4 Å². The average Bonchev–Trinajstić information content (AvgIpc) is 3.47. The van der Waals surface area contributed by atoms with Crippen molar-refractivity contribution < 1.29 is 18.9 Å². The van der Waals surface area contributed by atoms with E-state index in [0.717, 1.165) is 25.7 Å². The molecule has 0 atom stereocenters. The lowest BCUT2D eigenvalue weighted by molar-refractivity contribution is -0.385. The van der Waals surface area contributed by atoms with E-state index in [9.17, 15) is 19.7 Å². The number of likely N-dealkylation sites (tertiary alicyclic amines) is 2. The van der Waals surface area contributed by atoms with Gasteiger partial charge in [0, 0.05) is 44.0 Å². The van der Waals surface area contributed by atoms with Crippen LogP contribution in [0.3, 0.4) is 0 Å². The number of benzene rings is 1. The Morgan fingerprint density at radius 3 is 2.37 bits per heavy atom. The van der Waals surface area contributed by atoms with Crippen molar-refractivity contribution in [3.8, 4) is 0 Å². The summed E-state index contributed by atoms with van der Waals surface area (Å²) in [4.78, 5) is 39.6. The van der Waals surface area contributed by atoms with Gasteiger partial charge in [0.15, 0.2) is 0 Å². The lowest BCUT2D eigenvalue weighted by atomic mass is 10.0. The van der Waals surface area contributed by atoms with E-state index >= 15 is 0 Å². The zero-order valence-corrected chi connectivity index (χ0v) is 16.6. The van der Waals surface area contributed by atoms with Crippen LogP contribution in [0.2, 0.25) is 0 Å². The lowest BCUT2D eigenvalue weighted by Gasteiger charge is -2.32. The second-order valence-electron chi connectivity index (χ2n) is 7.71. The van der Waals surface area contributed by atoms with Gasteiger partial charge in [-0.05, 0) is 43.9 Å². The number of nitrogens with one attached hydrogen (secondary N) is 1. The third kappa shape index (κ3) is 4.14. The highest BCUT2D eigenvalue weighted by atomic mass is 16.6. The highest BCUT2D eigenvalue weighted by molar-refractivity contribution is 5.99. The number of piperidine rings is 1. The number of hydrogen-bond donors (Lipinski definition) is 1. The van der Waals surface area contributed by atoms with Gasteiger partial charge in [-0.1, -0.05) is 0 Å². The zero-order chi connectivity index (χ0) is 21.1. The molecule has 30 heavy (non-hydrogen) atoms. The third-order valence-corrected chi connectivity index (χ3v) is 5.74. The van der Waals surface area contributed by atoms with E-state index in [0.29, 0.717) is 37.4 Å². The summed E-state index contributed by atoms with van der Waals surface area (Å²) in [6, 6.07) is 6.39. The van der Waals surface area contributed by atoms with Crippen molar-refractivity contribution in [2.45, 2.75) is 31.7 Å². The van der Waals surface area contributed by atoms with E-state index in [-0.39, 0.29) is 29.1 Å². The molecule has 1 aromatic carbocycles. The van der Waals surface area contributed by atoms with Gasteiger partial charge in [0.25, 0.3) is 17.5 Å². The van der Waals surface area contributed by atoms with Crippen molar-refractivity contribution in [3.05, 3.63) is 58.0 Å². The maximum atomic E-state index is 12.8. The van der Waals surface area contributed by atoms with Crippen LogP contribution in [0, 0.1) is 10.1 Å². The summed E-state index contributed by atoms with van der Waals surface area (Å²) >= 11 is 0. The Morgan fingerprint density at radius 2 is 1.73 bits per heavy atom. The van der Waals surface area contributed by atoms with Gasteiger partial charge in [-0.3, -0.25) is 19.7 Å². The SMILES string of the molecule is O=C(c1ccoc1)N1CCC(Nc2ccc([N+](=O)[O-])c(C(=O)N3CCCC3)c2)CC1. The molecule has 9 heteroatoms. The Morgan fingerprint density at radius 1 is 1.03 bits per heavy atom. The molecule has 0 spiro atoms. The fourth-order valence-corrected chi connectivity index (χ4v) is 4.08. The molecule has 2 fully saturated rings. The smallest absolute Gasteiger partial charge is 0.282 e. The third-order valence-electron chi connectivity index (χ3n) is 5.74. The monoisotopic (exact) mass is 412 g/mol. The first-order valence-electron chi connectivity index (χ1n) is 10.2. The number of carbonyl (C=O) groups excluding carboxylic acids is 2. The fraction of sp³-hybridized carbons (Fsp3) is 0.429. The molecule has 0 saturated carbocycles. The number of nitrogens with zero attached hydrogens (tertiary/aromatic N) is 3. The van der Waals surface area contributed by atoms with E-state index in [1.165, 1.54) is 18.6 Å². The van der Waals surface area contributed by atoms with Gasteiger partial charge in [0.2, 0.25) is 0 Å². The molecule has 0 bridgehead atoms. The number of furan rings is 1. The standard InChI is InChI=1S/C21H24N4O5/c26-20(15-7-12-30-14-15)24-10-5-16(6-11-24)22-17-3-4-19(25(28)29)18(13-17)21(27)23-8-1-2-9-23/h3-4,7,12-14,16,22H,1-2,5-6,8-11H2. The molecule has 1 N–H and O–H groups in total. The maximum Gasteiger partial charge on any atom is 0.282 e. The molecule has 2 aliphatic heterocycles. The topological polar surface area (TPSA) is 109 Å². The van der Waals surface area contributed by atoms with E-state index in [4.69, 9.17) is 4.42 Å². The van der Waals surface area contributed by atoms with Gasteiger partial charge in [-0.2, -0.15) is 0 Å². The molecule has 4 rings (SSSR count). The second-order valence-corrected chi connectivity index (χ2v) is 7.71. The van der Waals surface area contributed by atoms with E-state index < -0.39 is 4.92 Å². The average molecular weight is 412 g/mol. The molecule has 9 nitrogen and oxygen atoms in total. The van der Waals surface area contributed by atoms with E-state index in [2.05, 4.69) is 5.32 Å². The fourth-order valence-electron chi connectivity index (χ4n) is 4.08. The van der Waals surface area contributed by atoms with Gasteiger partial charge in [0.1, 0.15) is 11.8 Å². The minimum atomic E-state index is -0.507. The highest BCUT2D eigenvalue weighted by Gasteiger charge is 2.28. The molecule has 2 amide bonds. The van der Waals surface area contributed by atoms with Crippen molar-refractivity contribution in [2.75, 3.05) is 31.5 Å². The van der Waals surface area contributed by atoms with Gasteiger partial charge >= 0.3 is 0 Å². The van der Waals surface area contributed by atoms with Gasteiger partial charge in [-0.15, -0.1) is 0 Å². The summed E-state index contributed by atoms with van der Waals surface area (Å²) in [5, 5.41) is 14.8. The predicted molar refractivity (Wildman–Crippen MR) is 109 cm³/mol. The van der Waals surface area contributed by atoms with Gasteiger partial charge in [-0.25, -0.2) is 0 Å². The number of hydrogen-bond acceptors (Lipinski definition) is 6. The number of nitro benzene ring substituents is 1. The van der Waals surface area contributed by atoms with Crippen molar-refractivity contribution in [1.29, 1.82) is 0 Å². The molecule has 2 aromatic rings. The van der Waals surface area contributed by atoms with Crippen LogP contribution in [0.5, 0.6) is 0 Å². The number of nitro groups is 1. The minimum Gasteiger partial charge on any atom is -0.472 e. The summed E-state index contributed by atoms with van der Waals surface area (Å²) < 4.78 is 4.98. The molecule has 2 aliphatic rings. The first-order chi connectivity index (χ1) is 14.5. The lowest BCUT2D eigenvalue weighted by Crippen LogP contribution is -2.42. The van der Waals surface area contributed by atoms with Crippen LogP contribution < -0.4 is 5.32 Å². The second kappa shape index (κ2) is 8.56. The summed E-state index contributed by atoms with van der Waals surface area (Å²) in [5.41, 5.74) is 1.18. The number of rotatable bonds is 5. The zero-order valence-electron chi connectivity index (χ0n) is 16.6. The predicted octanol–water partition coefficient (Wildman–Crippen LogP) is 3.14. The number of carbonyl (C=O) groups is 2. The van der Waals surface area contributed by atoms with Gasteiger partial charge < -0.3 is 19.5 Å². The first kappa shape index (κ1) is 19.9. The molecule has 2 saturated heterocycles. The summed E-state index contributed by atoms with van der Waals surface area (Å²) in [5.74, 6) is -0.334. The first-order valence-corrected chi connectivity index (χ1v) is 10.2. The van der Waals surface area contributed by atoms with Crippen molar-refractivity contribution in [3.63, 3.8) is 0 Å². The number of amides is 2. The largest absolute Gasteiger partial charge is 0.472 e. The van der Waals surface area contributed by atoms with Crippen LogP contribution in [0.4, 0.5) is 11.4 Å². The van der Waals surface area contributed by atoms with Crippen LogP contribution in [-0.4, -0.2) is 58.8 Å². The molecular formula is C21H24N4O5. The Kier molecular flexibility index (Phi) is 5.69. The minimum absolute atomic E-state index is 0.0453. The molecule has 1 aromatic heterocycles. The normalized spacial score (nSPS) is 17.2.